The van der Waals surface area contributed by atoms with E-state index in [0.717, 1.165) is 19.3 Å². The predicted molar refractivity (Wildman–Crippen MR) is 312 cm³/mol. The molecule has 23 N–H and O–H groups in total. The van der Waals surface area contributed by atoms with Crippen LogP contribution in [0.4, 0.5) is 0 Å². The summed E-state index contributed by atoms with van der Waals surface area (Å²) in [6.07, 6.45) is 0.545. The molecule has 11 amide bonds. The number of carbonyl (C=O) groups excluding carboxylic acids is 11. The maximum Gasteiger partial charge on any atom is 0.245 e. The Bertz CT molecular complexity index is 2280. The molecule has 84 heavy (non-hydrogen) atoms. The summed E-state index contributed by atoms with van der Waals surface area (Å²) >= 11 is 0. The zero-order chi connectivity index (χ0) is 62.9. The number of amides is 11. The van der Waals surface area contributed by atoms with E-state index >= 15 is 0 Å². The van der Waals surface area contributed by atoms with Gasteiger partial charge in [-0.25, -0.2) is 0 Å². The van der Waals surface area contributed by atoms with Crippen LogP contribution in [0.5, 0.6) is 0 Å². The lowest BCUT2D eigenvalue weighted by Crippen LogP contribution is -2.62. The monoisotopic (exact) mass is 1190 g/mol. The van der Waals surface area contributed by atoms with Gasteiger partial charge in [-0.15, -0.1) is 0 Å². The maximum absolute atomic E-state index is 14.5. The number of hydrogen-bond donors (Lipinski definition) is 18. The number of aliphatic hydroxyl groups excluding tert-OH is 2. The quantitative estimate of drug-likeness (QED) is 0.0333. The Labute approximate surface area is 491 Å². The third-order valence-electron chi connectivity index (χ3n) is 14.0. The Hall–Kier alpha value is -6.89. The van der Waals surface area contributed by atoms with Crippen LogP contribution in [0.3, 0.4) is 0 Å². The zero-order valence-electron chi connectivity index (χ0n) is 49.3. The second kappa shape index (κ2) is 39.6. The van der Waals surface area contributed by atoms with Gasteiger partial charge in [0, 0.05) is 19.4 Å². The average molecular weight is 1190 g/mol. The molecule has 1 heterocycles. The number of carbonyl (C=O) groups is 11. The summed E-state index contributed by atoms with van der Waals surface area (Å²) < 4.78 is 0. The molecule has 1 aromatic rings. The van der Waals surface area contributed by atoms with Gasteiger partial charge < -0.3 is 97.4 Å². The molecular weight excluding hydrogens is 1090 g/mol. The molecule has 0 saturated carbocycles. The summed E-state index contributed by atoms with van der Waals surface area (Å²) in [5, 5.41) is 49.0. The number of unbranched alkanes of at least 4 members (excludes halogenated alkanes) is 1. The minimum atomic E-state index is -1.70. The molecule has 0 aromatic heterocycles. The molecule has 0 spiro atoms. The lowest BCUT2D eigenvalue weighted by Gasteiger charge is -2.29. The summed E-state index contributed by atoms with van der Waals surface area (Å²) in [4.78, 5) is 153. The standard InChI is InChI=1S/C55H96N16O13/c1-6-32(4)12-10-11-15-44(74)62-35(16-22-56)52(81)71-45(33(5)73)55(84)67-39(20-26-60)48(77)66-40-21-27-61-46(75)43(30-72)70-50(79)38(19-25-59)63-47(76)36(17-23-57)65-53(82)41(28-31(2)3)68-54(83)42(29-34-13-8-7-9-14-34)69-49(78)37(18-24-58)64-51(40)80/h7-9,13-14,31-33,35-43,45,72-73H,6,10-12,15-30,56-60H2,1-5H3,(H,61,75)(H,62,74)(H,63,76)(H,64,80)(H,65,82)(H,66,77)(H,67,84)(H,68,83)(H,69,78)(H,70,79)(H,71,81)/t32-,33+,35-,36-,37-,38-,39-,40-,41-,42+,43-,45-/m0/s1. The van der Waals surface area contributed by atoms with Crippen LogP contribution in [0.25, 0.3) is 0 Å². The number of rotatable bonds is 29. The Morgan fingerprint density at radius 1 is 0.571 bits per heavy atom. The molecule has 29 nitrogen and oxygen atoms in total. The first-order chi connectivity index (χ1) is 40.0. The van der Waals surface area contributed by atoms with Crippen molar-refractivity contribution in [1.29, 1.82) is 0 Å². The highest BCUT2D eigenvalue weighted by atomic mass is 16.3. The fourth-order valence-electron chi connectivity index (χ4n) is 8.94. The van der Waals surface area contributed by atoms with E-state index in [0.29, 0.717) is 17.9 Å². The molecule has 2 rings (SSSR count). The molecule has 0 bridgehead atoms. The number of hydrogen-bond acceptors (Lipinski definition) is 18. The summed E-state index contributed by atoms with van der Waals surface area (Å²) in [5.41, 5.74) is 29.9. The van der Waals surface area contributed by atoms with Crippen LogP contribution < -0.4 is 87.2 Å². The molecule has 0 radical (unpaired) electrons. The Morgan fingerprint density at radius 3 is 1.56 bits per heavy atom. The summed E-state index contributed by atoms with van der Waals surface area (Å²) in [6, 6.07) is -6.16. The van der Waals surface area contributed by atoms with Crippen LogP contribution in [-0.4, -0.2) is 188 Å². The molecule has 1 fully saturated rings. The van der Waals surface area contributed by atoms with E-state index in [-0.39, 0.29) is 90.0 Å². The molecule has 0 unspecified atom stereocenters. The van der Waals surface area contributed by atoms with E-state index in [4.69, 9.17) is 28.7 Å². The Kier molecular flexibility index (Phi) is 34.5. The third-order valence-corrected chi connectivity index (χ3v) is 14.0. The molecular formula is C55H96N16O13. The van der Waals surface area contributed by atoms with Crippen LogP contribution in [0.1, 0.15) is 117 Å². The molecule has 1 aromatic carbocycles. The van der Waals surface area contributed by atoms with E-state index in [9.17, 15) is 63.0 Å². The maximum atomic E-state index is 14.5. The fraction of sp³-hybridized carbons (Fsp3) is 0.691. The van der Waals surface area contributed by atoms with E-state index in [1.54, 1.807) is 44.2 Å². The second-order valence-electron chi connectivity index (χ2n) is 21.6. The van der Waals surface area contributed by atoms with Gasteiger partial charge in [-0.3, -0.25) is 52.7 Å². The minimum absolute atomic E-state index is 0.0163. The minimum Gasteiger partial charge on any atom is -0.394 e. The second-order valence-corrected chi connectivity index (χ2v) is 21.6. The largest absolute Gasteiger partial charge is 0.394 e. The number of nitrogens with two attached hydrogens (primary N) is 5. The lowest BCUT2D eigenvalue weighted by atomic mass is 10.00. The van der Waals surface area contributed by atoms with Crippen molar-refractivity contribution in [3.05, 3.63) is 35.9 Å². The normalized spacial score (nSPS) is 22.6. The molecule has 1 aliphatic heterocycles. The molecule has 474 valence electrons. The zero-order valence-corrected chi connectivity index (χ0v) is 49.3. The van der Waals surface area contributed by atoms with Crippen molar-refractivity contribution in [2.45, 2.75) is 185 Å². The average Bonchev–Trinajstić information content (AvgIpc) is 3.53. The van der Waals surface area contributed by atoms with Gasteiger partial charge in [0.05, 0.1) is 12.7 Å². The molecule has 12 atom stereocenters. The predicted octanol–water partition coefficient (Wildman–Crippen LogP) is -5.63. The molecule has 1 aliphatic rings. The highest BCUT2D eigenvalue weighted by molar-refractivity contribution is 5.99. The van der Waals surface area contributed by atoms with Gasteiger partial charge >= 0.3 is 0 Å². The highest BCUT2D eigenvalue weighted by Gasteiger charge is 2.37. The van der Waals surface area contributed by atoms with Gasteiger partial charge in [0.1, 0.15) is 60.4 Å². The van der Waals surface area contributed by atoms with Crippen molar-refractivity contribution in [1.82, 2.24) is 58.5 Å². The first-order valence-electron chi connectivity index (χ1n) is 29.1. The van der Waals surface area contributed by atoms with E-state index in [1.807, 2.05) is 0 Å². The van der Waals surface area contributed by atoms with Gasteiger partial charge in [0.15, 0.2) is 0 Å². The van der Waals surface area contributed by atoms with E-state index in [1.165, 1.54) is 6.92 Å². The van der Waals surface area contributed by atoms with Crippen LogP contribution in [0.15, 0.2) is 30.3 Å². The van der Waals surface area contributed by atoms with E-state index in [2.05, 4.69) is 72.3 Å². The first kappa shape index (κ1) is 73.2. The van der Waals surface area contributed by atoms with Crippen molar-refractivity contribution in [3.63, 3.8) is 0 Å². The summed E-state index contributed by atoms with van der Waals surface area (Å²) in [6.45, 7) is 6.86. The fourth-order valence-corrected chi connectivity index (χ4v) is 8.94. The van der Waals surface area contributed by atoms with Crippen molar-refractivity contribution in [2.75, 3.05) is 45.9 Å². The van der Waals surface area contributed by atoms with Gasteiger partial charge in [-0.2, -0.15) is 0 Å². The third kappa shape index (κ3) is 26.4. The van der Waals surface area contributed by atoms with Crippen LogP contribution >= 0.6 is 0 Å². The van der Waals surface area contributed by atoms with Crippen LogP contribution in [0.2, 0.25) is 0 Å². The SMILES string of the molecule is CC[C@H](C)CCCCC(=O)N[C@@H](CCN)C(=O)N[C@H](C(=O)N[C@@H](CCN)C(=O)N[C@H]1CCNC(=O)[C@H](CO)NC(=O)[C@H](CCN)NC(=O)[C@H](CCN)NC(=O)[C@H](CC(C)C)NC(=O)[C@@H](Cc2ccccc2)NC(=O)[C@H](CCN)NC1=O)[C@@H](C)O. The number of nitrogens with one attached hydrogen (secondary N) is 11. The van der Waals surface area contributed by atoms with Crippen molar-refractivity contribution in [2.24, 2.45) is 40.5 Å². The molecule has 29 heteroatoms. The van der Waals surface area contributed by atoms with Gasteiger partial charge in [0.25, 0.3) is 0 Å². The lowest BCUT2D eigenvalue weighted by molar-refractivity contribution is -0.137. The van der Waals surface area contributed by atoms with Crippen molar-refractivity contribution in [3.8, 4) is 0 Å². The van der Waals surface area contributed by atoms with Gasteiger partial charge in [0.2, 0.25) is 65.0 Å². The summed E-state index contributed by atoms with van der Waals surface area (Å²) in [5.74, 6) is -9.44. The van der Waals surface area contributed by atoms with Crippen molar-refractivity contribution >= 4 is 65.0 Å². The molecule has 0 aliphatic carbocycles. The highest BCUT2D eigenvalue weighted by Crippen LogP contribution is 2.14. The van der Waals surface area contributed by atoms with E-state index < -0.39 is 151 Å². The van der Waals surface area contributed by atoms with Crippen molar-refractivity contribution < 1.29 is 63.0 Å². The number of aliphatic hydroxyl groups is 2. The van der Waals surface area contributed by atoms with Crippen LogP contribution in [-0.2, 0) is 59.2 Å². The first-order valence-corrected chi connectivity index (χ1v) is 29.1. The Morgan fingerprint density at radius 2 is 1.06 bits per heavy atom. The topological polar surface area (TPSA) is 491 Å². The van der Waals surface area contributed by atoms with Gasteiger partial charge in [-0.1, -0.05) is 77.3 Å². The summed E-state index contributed by atoms with van der Waals surface area (Å²) in [7, 11) is 0. The van der Waals surface area contributed by atoms with Crippen LogP contribution in [0, 0.1) is 11.8 Å². The van der Waals surface area contributed by atoms with Gasteiger partial charge in [-0.05, 0) is 108 Å². The molecule has 1 saturated heterocycles. The number of benzene rings is 1. The Balaban J connectivity index is 2.64. The smallest absolute Gasteiger partial charge is 0.245 e.